The van der Waals surface area contributed by atoms with E-state index in [1.165, 1.54) is 11.0 Å². The number of fused-ring (bicyclic) bond motifs is 1. The zero-order valence-corrected chi connectivity index (χ0v) is 28.9. The summed E-state index contributed by atoms with van der Waals surface area (Å²) in [6.45, 7) is 0.567. The molecule has 3 aliphatic rings. The average molecular weight is 739 g/mol. The van der Waals surface area contributed by atoms with Gasteiger partial charge in [-0.2, -0.15) is 13.2 Å². The van der Waals surface area contributed by atoms with Crippen molar-refractivity contribution in [1.29, 1.82) is 0 Å². The fourth-order valence-electron chi connectivity index (χ4n) is 7.47. The van der Waals surface area contributed by atoms with Crippen LogP contribution in [0.4, 0.5) is 18.9 Å². The quantitative estimate of drug-likeness (QED) is 0.206. The number of amides is 1. The number of nitrogens with zero attached hydrogens (tertiary/aromatic N) is 3. The summed E-state index contributed by atoms with van der Waals surface area (Å²) in [5, 5.41) is 13.5. The first-order valence-electron chi connectivity index (χ1n) is 16.9. The Balaban J connectivity index is 1.27. The van der Waals surface area contributed by atoms with Gasteiger partial charge in [0.2, 0.25) is 5.85 Å². The predicted octanol–water partition coefficient (Wildman–Crippen LogP) is 6.43. The summed E-state index contributed by atoms with van der Waals surface area (Å²) in [7, 11) is 0. The maximum Gasteiger partial charge on any atom is 0.401 e. The largest absolute Gasteiger partial charge is 0.481 e. The molecular formula is C35H40Cl2F3N5O5. The Morgan fingerprint density at radius 2 is 1.58 bits per heavy atom. The lowest BCUT2D eigenvalue weighted by molar-refractivity contribution is -0.262. The number of H-pyrrole nitrogens is 1. The Morgan fingerprint density at radius 1 is 0.920 bits per heavy atom. The molecule has 10 nitrogen and oxygen atoms in total. The Kier molecular flexibility index (Phi) is 11.1. The number of Topliss-reactive ketones (excluding diaryl/α,β-unsaturated/α-hetero) is 1. The molecule has 1 saturated carbocycles. The molecule has 3 fully saturated rings. The molecule has 0 bridgehead atoms. The van der Waals surface area contributed by atoms with Crippen molar-refractivity contribution in [1.82, 2.24) is 19.7 Å². The fraction of sp³-hybridized carbons (Fsp3) is 0.514. The van der Waals surface area contributed by atoms with Crippen molar-refractivity contribution in [3.8, 4) is 0 Å². The minimum absolute atomic E-state index is 0.0922. The number of anilines is 1. The molecule has 2 aliphatic heterocycles. The number of aromatic nitrogens is 1. The van der Waals surface area contributed by atoms with Gasteiger partial charge in [-0.15, -0.1) is 0 Å². The lowest BCUT2D eigenvalue weighted by Gasteiger charge is -2.52. The number of likely N-dealkylation sites (tertiary alicyclic amines) is 1. The average Bonchev–Trinajstić information content (AvgIpc) is 3.77. The van der Waals surface area contributed by atoms with E-state index in [1.807, 2.05) is 34.1 Å². The Hall–Kier alpha value is -3.20. The standard InChI is InChI=1S/C35H40Cl2F3N5O5/c36-27-19-30(42-32(47)26-20-41-29-6-2-1-5-25(26)29)28(37)17-23(27)18-31(46)35(44-11-3-4-12-44,50-24-9-7-22(8-10-24)33(48)49)45-15-13-43(14-16-45)21-34(38,39)40/h1-2,5-6,17,19-20,22,24,41H,3-4,7-16,18,21H2,(H,42,47)(H,48,49). The van der Waals surface area contributed by atoms with Crippen molar-refractivity contribution < 1.29 is 37.4 Å². The number of ether oxygens (including phenoxy) is 1. The summed E-state index contributed by atoms with van der Waals surface area (Å²) in [6, 6.07) is 10.4. The van der Waals surface area contributed by atoms with E-state index in [0.29, 0.717) is 49.9 Å². The molecule has 3 aromatic rings. The van der Waals surface area contributed by atoms with Crippen molar-refractivity contribution in [2.75, 3.05) is 51.1 Å². The first kappa shape index (κ1) is 36.6. The highest BCUT2D eigenvalue weighted by Crippen LogP contribution is 2.38. The Morgan fingerprint density at radius 3 is 2.24 bits per heavy atom. The highest BCUT2D eigenvalue weighted by molar-refractivity contribution is 6.36. The highest BCUT2D eigenvalue weighted by atomic mass is 35.5. The summed E-state index contributed by atoms with van der Waals surface area (Å²) in [6.07, 6.45) is -0.0591. The third-order valence-electron chi connectivity index (χ3n) is 10.0. The second-order valence-electron chi connectivity index (χ2n) is 13.3. The van der Waals surface area contributed by atoms with Crippen molar-refractivity contribution in [3.63, 3.8) is 0 Å². The number of ketones is 1. The molecule has 2 saturated heterocycles. The minimum Gasteiger partial charge on any atom is -0.481 e. The number of benzene rings is 2. The summed E-state index contributed by atoms with van der Waals surface area (Å²) < 4.78 is 46.6. The van der Waals surface area contributed by atoms with Crippen LogP contribution in [0.15, 0.2) is 42.6 Å². The zero-order chi connectivity index (χ0) is 35.6. The maximum atomic E-state index is 14.8. The van der Waals surface area contributed by atoms with E-state index in [0.717, 1.165) is 23.7 Å². The number of halogens is 5. The monoisotopic (exact) mass is 737 g/mol. The number of nitrogens with one attached hydrogen (secondary N) is 2. The van der Waals surface area contributed by atoms with Gasteiger partial charge in [0, 0.05) is 67.8 Å². The van der Waals surface area contributed by atoms with Crippen LogP contribution < -0.4 is 5.32 Å². The van der Waals surface area contributed by atoms with E-state index in [2.05, 4.69) is 10.3 Å². The normalized spacial score (nSPS) is 22.4. The molecule has 0 radical (unpaired) electrons. The van der Waals surface area contributed by atoms with E-state index >= 15 is 0 Å². The van der Waals surface area contributed by atoms with Crippen molar-refractivity contribution in [3.05, 3.63) is 63.8 Å². The number of rotatable bonds is 11. The van der Waals surface area contributed by atoms with Crippen LogP contribution in [-0.2, 0) is 20.7 Å². The van der Waals surface area contributed by atoms with E-state index in [-0.39, 0.29) is 54.1 Å². The summed E-state index contributed by atoms with van der Waals surface area (Å²) in [5.41, 5.74) is 1.90. The molecule has 0 spiro atoms. The third kappa shape index (κ3) is 7.98. The van der Waals surface area contributed by atoms with Gasteiger partial charge in [-0.25, -0.2) is 0 Å². The first-order chi connectivity index (χ1) is 23.8. The summed E-state index contributed by atoms with van der Waals surface area (Å²) in [4.78, 5) is 47.9. The Labute approximate surface area is 297 Å². The Bertz CT molecular complexity index is 1720. The van der Waals surface area contributed by atoms with E-state index in [1.54, 1.807) is 12.3 Å². The van der Waals surface area contributed by atoms with E-state index in [4.69, 9.17) is 27.9 Å². The number of carboxylic acids is 1. The second-order valence-corrected chi connectivity index (χ2v) is 14.2. The molecule has 3 heterocycles. The van der Waals surface area contributed by atoms with Crippen LogP contribution in [0.2, 0.25) is 10.0 Å². The third-order valence-corrected chi connectivity index (χ3v) is 10.7. The number of carboxylic acid groups (broad SMARTS) is 1. The second kappa shape index (κ2) is 15.2. The molecule has 1 aliphatic carbocycles. The van der Waals surface area contributed by atoms with Crippen LogP contribution in [0.1, 0.15) is 54.4 Å². The smallest absolute Gasteiger partial charge is 0.401 e. The van der Waals surface area contributed by atoms with E-state index in [9.17, 15) is 32.7 Å². The number of hydrogen-bond acceptors (Lipinski definition) is 7. The number of piperazine rings is 1. The highest BCUT2D eigenvalue weighted by Gasteiger charge is 2.53. The van der Waals surface area contributed by atoms with Crippen LogP contribution in [0, 0.1) is 5.92 Å². The van der Waals surface area contributed by atoms with Crippen LogP contribution in [0.25, 0.3) is 10.9 Å². The number of aromatic amines is 1. The number of para-hydroxylation sites is 1. The topological polar surface area (TPSA) is 118 Å². The number of hydrogen-bond donors (Lipinski definition) is 3. The van der Waals surface area contributed by atoms with Gasteiger partial charge in [0.15, 0.2) is 5.78 Å². The van der Waals surface area contributed by atoms with Gasteiger partial charge in [-0.05, 0) is 62.3 Å². The molecular weight excluding hydrogens is 698 g/mol. The van der Waals surface area contributed by atoms with Gasteiger partial charge < -0.3 is 20.1 Å². The lowest BCUT2D eigenvalue weighted by Crippen LogP contribution is -2.71. The molecule has 1 amide bonds. The number of aliphatic carboxylic acids is 1. The number of carbonyl (C=O) groups excluding carboxylic acids is 2. The molecule has 3 N–H and O–H groups in total. The molecule has 6 rings (SSSR count). The molecule has 15 heteroatoms. The molecule has 1 unspecified atom stereocenters. The summed E-state index contributed by atoms with van der Waals surface area (Å²) >= 11 is 13.4. The van der Waals surface area contributed by atoms with Gasteiger partial charge in [0.05, 0.1) is 34.8 Å². The SMILES string of the molecule is O=C(Nc1cc(Cl)c(CC(=O)C(OC2CCC(C(=O)O)CC2)(N2CCCC2)N2CCN(CC(F)(F)F)CC2)cc1Cl)c1c[nH]c2ccccc12. The molecule has 50 heavy (non-hydrogen) atoms. The molecule has 1 atom stereocenters. The zero-order valence-electron chi connectivity index (χ0n) is 27.4. The summed E-state index contributed by atoms with van der Waals surface area (Å²) in [5.74, 6) is -3.68. The molecule has 2 aromatic carbocycles. The fourth-order valence-corrected chi connectivity index (χ4v) is 7.93. The lowest BCUT2D eigenvalue weighted by atomic mass is 9.87. The van der Waals surface area contributed by atoms with Crippen LogP contribution in [0.3, 0.4) is 0 Å². The van der Waals surface area contributed by atoms with Crippen LogP contribution in [0.5, 0.6) is 0 Å². The number of carbonyl (C=O) groups is 3. The number of alkyl halides is 3. The molecule has 270 valence electrons. The maximum absolute atomic E-state index is 14.8. The van der Waals surface area contributed by atoms with Crippen LogP contribution >= 0.6 is 23.2 Å². The minimum atomic E-state index is -4.35. The van der Waals surface area contributed by atoms with Crippen molar-refractivity contribution in [2.24, 2.45) is 5.92 Å². The molecule has 1 aromatic heterocycles. The van der Waals surface area contributed by atoms with Crippen molar-refractivity contribution in [2.45, 2.75) is 63.1 Å². The van der Waals surface area contributed by atoms with Gasteiger partial charge in [0.1, 0.15) is 0 Å². The van der Waals surface area contributed by atoms with E-state index < -0.39 is 42.5 Å². The van der Waals surface area contributed by atoms with Crippen LogP contribution in [-0.4, -0.2) is 106 Å². The van der Waals surface area contributed by atoms with Gasteiger partial charge >= 0.3 is 12.1 Å². The van der Waals surface area contributed by atoms with Gasteiger partial charge in [-0.1, -0.05) is 41.4 Å². The van der Waals surface area contributed by atoms with Gasteiger partial charge in [0.25, 0.3) is 5.91 Å². The van der Waals surface area contributed by atoms with Crippen molar-refractivity contribution >= 4 is 57.5 Å². The first-order valence-corrected chi connectivity index (χ1v) is 17.7. The predicted molar refractivity (Wildman–Crippen MR) is 183 cm³/mol. The van der Waals surface area contributed by atoms with Gasteiger partial charge in [-0.3, -0.25) is 29.1 Å².